The van der Waals surface area contributed by atoms with Gasteiger partial charge in [0.15, 0.2) is 11.5 Å². The number of rotatable bonds is 3. The van der Waals surface area contributed by atoms with Crippen LogP contribution in [0.25, 0.3) is 31.7 Å². The molecule has 1 unspecified atom stereocenters. The summed E-state index contributed by atoms with van der Waals surface area (Å²) in [6.45, 7) is 6.93. The SMILES string of the molecule is COc1cnc2c(-c3nc4c(C(O)C(C)(C)C)cc5c(c4s3)OCCO5)cc(Cl)cc2c1. The number of fused-ring (bicyclic) bond motifs is 4. The maximum atomic E-state index is 11.1. The lowest BCUT2D eigenvalue weighted by molar-refractivity contribution is 0.0633. The van der Waals surface area contributed by atoms with E-state index in [2.05, 4.69) is 4.98 Å². The lowest BCUT2D eigenvalue weighted by Crippen LogP contribution is -2.20. The molecule has 0 saturated carbocycles. The van der Waals surface area contributed by atoms with Crippen molar-refractivity contribution in [1.29, 1.82) is 0 Å². The summed E-state index contributed by atoms with van der Waals surface area (Å²) in [5.74, 6) is 1.96. The molecule has 4 aromatic rings. The number of aromatic nitrogens is 2. The normalized spacial score (nSPS) is 14.7. The molecule has 2 aromatic carbocycles. The Labute approximate surface area is 194 Å². The van der Waals surface area contributed by atoms with Crippen molar-refractivity contribution >= 4 is 44.1 Å². The summed E-state index contributed by atoms with van der Waals surface area (Å²) in [5.41, 5.74) is 2.65. The molecule has 32 heavy (non-hydrogen) atoms. The van der Waals surface area contributed by atoms with E-state index in [1.165, 1.54) is 11.3 Å². The van der Waals surface area contributed by atoms with E-state index in [4.69, 9.17) is 30.8 Å². The van der Waals surface area contributed by atoms with E-state index < -0.39 is 6.10 Å². The Kier molecular flexibility index (Phi) is 5.15. The fourth-order valence-electron chi connectivity index (χ4n) is 3.85. The summed E-state index contributed by atoms with van der Waals surface area (Å²) >= 11 is 7.93. The summed E-state index contributed by atoms with van der Waals surface area (Å²) in [4.78, 5) is 9.55. The van der Waals surface area contributed by atoms with E-state index in [0.29, 0.717) is 41.0 Å². The van der Waals surface area contributed by atoms with Gasteiger partial charge in [0.25, 0.3) is 0 Å². The van der Waals surface area contributed by atoms with Gasteiger partial charge in [0.1, 0.15) is 28.7 Å². The number of ether oxygens (including phenoxy) is 3. The van der Waals surface area contributed by atoms with Crippen molar-refractivity contribution in [2.75, 3.05) is 20.3 Å². The Balaban J connectivity index is 1.78. The molecule has 6 nitrogen and oxygen atoms in total. The van der Waals surface area contributed by atoms with Crippen molar-refractivity contribution in [2.24, 2.45) is 5.41 Å². The topological polar surface area (TPSA) is 73.7 Å². The van der Waals surface area contributed by atoms with Gasteiger partial charge in [0.2, 0.25) is 0 Å². The van der Waals surface area contributed by atoms with Crippen LogP contribution in [0.1, 0.15) is 32.4 Å². The Morgan fingerprint density at radius 2 is 1.91 bits per heavy atom. The third-order valence-electron chi connectivity index (χ3n) is 5.51. The number of hydrogen-bond donors (Lipinski definition) is 1. The first-order valence-corrected chi connectivity index (χ1v) is 11.5. The maximum absolute atomic E-state index is 11.1. The van der Waals surface area contributed by atoms with Gasteiger partial charge >= 0.3 is 0 Å². The van der Waals surface area contributed by atoms with Gasteiger partial charge in [0.05, 0.1) is 30.4 Å². The van der Waals surface area contributed by atoms with Gasteiger partial charge in [-0.25, -0.2) is 4.98 Å². The number of pyridine rings is 1. The number of aliphatic hydroxyl groups excluding tert-OH is 1. The molecule has 0 bridgehead atoms. The quantitative estimate of drug-likeness (QED) is 0.394. The van der Waals surface area contributed by atoms with Crippen LogP contribution >= 0.6 is 22.9 Å². The first kappa shape index (κ1) is 21.2. The van der Waals surface area contributed by atoms with Crippen LogP contribution < -0.4 is 14.2 Å². The summed E-state index contributed by atoms with van der Waals surface area (Å²) in [6, 6.07) is 7.48. The highest BCUT2D eigenvalue weighted by atomic mass is 35.5. The second kappa shape index (κ2) is 7.76. The van der Waals surface area contributed by atoms with Gasteiger partial charge in [0, 0.05) is 21.5 Å². The molecule has 0 saturated heterocycles. The van der Waals surface area contributed by atoms with Crippen LogP contribution in [0.4, 0.5) is 0 Å². The second-order valence-corrected chi connectivity index (χ2v) is 10.3. The lowest BCUT2D eigenvalue weighted by Gasteiger charge is -2.28. The van der Waals surface area contributed by atoms with Crippen LogP contribution in [-0.2, 0) is 0 Å². The summed E-state index contributed by atoms with van der Waals surface area (Å²) in [7, 11) is 1.61. The zero-order valence-corrected chi connectivity index (χ0v) is 19.8. The average Bonchev–Trinajstić information content (AvgIpc) is 3.22. The van der Waals surface area contributed by atoms with Crippen molar-refractivity contribution < 1.29 is 19.3 Å². The number of halogens is 1. The molecule has 2 aromatic heterocycles. The number of aliphatic hydroxyl groups is 1. The summed E-state index contributed by atoms with van der Waals surface area (Å²) in [6.07, 6.45) is 0.954. The molecule has 1 aliphatic heterocycles. The van der Waals surface area contributed by atoms with Gasteiger partial charge in [-0.1, -0.05) is 32.4 Å². The second-order valence-electron chi connectivity index (χ2n) is 8.86. The number of benzene rings is 2. The standard InChI is InChI=1S/C24H23ClN2O4S/c1-24(2,3)22(28)15-10-17-20(31-6-5-30-17)21-19(15)27-23(32-21)16-9-13(25)7-12-8-14(29-4)11-26-18(12)16/h7-11,22,28H,5-6H2,1-4H3. The highest BCUT2D eigenvalue weighted by molar-refractivity contribution is 7.22. The Hall–Kier alpha value is -2.61. The van der Waals surface area contributed by atoms with Crippen LogP contribution in [-0.4, -0.2) is 35.4 Å². The third kappa shape index (κ3) is 3.54. The van der Waals surface area contributed by atoms with Crippen LogP contribution in [0.3, 0.4) is 0 Å². The van der Waals surface area contributed by atoms with E-state index in [1.807, 2.05) is 45.0 Å². The molecule has 0 amide bonds. The molecule has 1 atom stereocenters. The predicted octanol–water partition coefficient (Wildman–Crippen LogP) is 6.02. The van der Waals surface area contributed by atoms with Crippen LogP contribution in [0.2, 0.25) is 5.02 Å². The van der Waals surface area contributed by atoms with Gasteiger partial charge in [-0.15, -0.1) is 11.3 Å². The number of thiazole rings is 1. The zero-order valence-electron chi connectivity index (χ0n) is 18.2. The molecule has 1 N–H and O–H groups in total. The van der Waals surface area contributed by atoms with Crippen molar-refractivity contribution in [2.45, 2.75) is 26.9 Å². The first-order chi connectivity index (χ1) is 15.3. The molecule has 3 heterocycles. The number of methoxy groups -OCH3 is 1. The molecular weight excluding hydrogens is 448 g/mol. The largest absolute Gasteiger partial charge is 0.495 e. The molecule has 0 spiro atoms. The molecule has 0 aliphatic carbocycles. The van der Waals surface area contributed by atoms with E-state index >= 15 is 0 Å². The molecule has 0 radical (unpaired) electrons. The highest BCUT2D eigenvalue weighted by Crippen LogP contribution is 2.49. The smallest absolute Gasteiger partial charge is 0.180 e. The molecule has 166 valence electrons. The Morgan fingerprint density at radius 1 is 1.12 bits per heavy atom. The molecule has 5 rings (SSSR count). The van der Waals surface area contributed by atoms with E-state index in [1.54, 1.807) is 13.3 Å². The Bertz CT molecular complexity index is 1350. The minimum atomic E-state index is -0.728. The Morgan fingerprint density at radius 3 is 2.66 bits per heavy atom. The zero-order chi connectivity index (χ0) is 22.6. The lowest BCUT2D eigenvalue weighted by atomic mass is 9.84. The minimum absolute atomic E-state index is 0.374. The highest BCUT2D eigenvalue weighted by Gasteiger charge is 2.31. The fraction of sp³-hybridized carbons (Fsp3) is 0.333. The van der Waals surface area contributed by atoms with Gasteiger partial charge < -0.3 is 19.3 Å². The van der Waals surface area contributed by atoms with Crippen LogP contribution in [0.5, 0.6) is 17.2 Å². The number of hydrogen-bond acceptors (Lipinski definition) is 7. The molecular formula is C24H23ClN2O4S. The average molecular weight is 471 g/mol. The van der Waals surface area contributed by atoms with Crippen molar-refractivity contribution in [3.05, 3.63) is 41.0 Å². The fourth-order valence-corrected chi connectivity index (χ4v) is 5.19. The predicted molar refractivity (Wildman–Crippen MR) is 127 cm³/mol. The summed E-state index contributed by atoms with van der Waals surface area (Å²) < 4.78 is 18.0. The van der Waals surface area contributed by atoms with Gasteiger partial charge in [-0.05, 0) is 29.7 Å². The third-order valence-corrected chi connectivity index (χ3v) is 6.81. The molecule has 8 heteroatoms. The van der Waals surface area contributed by atoms with Crippen LogP contribution in [0.15, 0.2) is 30.5 Å². The van der Waals surface area contributed by atoms with Gasteiger partial charge in [-0.3, -0.25) is 4.98 Å². The van der Waals surface area contributed by atoms with Crippen molar-refractivity contribution in [3.63, 3.8) is 0 Å². The molecule has 1 aliphatic rings. The van der Waals surface area contributed by atoms with Gasteiger partial charge in [-0.2, -0.15) is 0 Å². The maximum Gasteiger partial charge on any atom is 0.180 e. The van der Waals surface area contributed by atoms with E-state index in [-0.39, 0.29) is 5.41 Å². The monoisotopic (exact) mass is 470 g/mol. The van der Waals surface area contributed by atoms with Crippen LogP contribution in [0, 0.1) is 5.41 Å². The minimum Gasteiger partial charge on any atom is -0.495 e. The molecule has 0 fully saturated rings. The van der Waals surface area contributed by atoms with Crippen molar-refractivity contribution in [1.82, 2.24) is 9.97 Å². The summed E-state index contributed by atoms with van der Waals surface area (Å²) in [5, 5.41) is 13.3. The van der Waals surface area contributed by atoms with E-state index in [0.717, 1.165) is 31.7 Å². The number of nitrogens with zero attached hydrogens (tertiary/aromatic N) is 2. The van der Waals surface area contributed by atoms with Crippen molar-refractivity contribution in [3.8, 4) is 27.8 Å². The first-order valence-electron chi connectivity index (χ1n) is 10.3. The van der Waals surface area contributed by atoms with E-state index in [9.17, 15) is 5.11 Å².